The van der Waals surface area contributed by atoms with Gasteiger partial charge in [-0.1, -0.05) is 38.1 Å². The third-order valence-corrected chi connectivity index (χ3v) is 2.89. The quantitative estimate of drug-likeness (QED) is 0.673. The van der Waals surface area contributed by atoms with E-state index in [1.54, 1.807) is 0 Å². The van der Waals surface area contributed by atoms with Crippen molar-refractivity contribution in [2.75, 3.05) is 19.6 Å². The number of ketones is 1. The van der Waals surface area contributed by atoms with Gasteiger partial charge in [-0.3, -0.25) is 9.69 Å². The van der Waals surface area contributed by atoms with Crippen molar-refractivity contribution in [2.45, 2.75) is 33.6 Å². The molecule has 1 rings (SSSR count). The lowest BCUT2D eigenvalue weighted by molar-refractivity contribution is 0.0930. The molecule has 17 heavy (non-hydrogen) atoms. The third kappa shape index (κ3) is 4.31. The van der Waals surface area contributed by atoms with Gasteiger partial charge in [-0.05, 0) is 38.4 Å². The Morgan fingerprint density at radius 2 is 1.71 bits per heavy atom. The second kappa shape index (κ2) is 7.23. The molecule has 0 aliphatic carbocycles. The van der Waals surface area contributed by atoms with Crippen LogP contribution in [0.3, 0.4) is 0 Å². The molecule has 0 heterocycles. The van der Waals surface area contributed by atoms with E-state index in [1.807, 2.05) is 31.2 Å². The van der Waals surface area contributed by atoms with Gasteiger partial charge in [0.1, 0.15) is 0 Å². The SMILES string of the molecule is CCCN(CCC)CC(=O)c1ccccc1C. The fraction of sp³-hybridized carbons (Fsp3) is 0.533. The highest BCUT2D eigenvalue weighted by Crippen LogP contribution is 2.09. The average molecular weight is 233 g/mol. The lowest BCUT2D eigenvalue weighted by Crippen LogP contribution is -2.31. The molecule has 0 aliphatic rings. The summed E-state index contributed by atoms with van der Waals surface area (Å²) in [6.07, 6.45) is 2.20. The normalized spacial score (nSPS) is 10.8. The first-order chi connectivity index (χ1) is 8.19. The molecule has 0 aliphatic heterocycles. The van der Waals surface area contributed by atoms with Crippen LogP contribution >= 0.6 is 0 Å². The van der Waals surface area contributed by atoms with E-state index in [9.17, 15) is 4.79 Å². The zero-order chi connectivity index (χ0) is 12.7. The number of carbonyl (C=O) groups excluding carboxylic acids is 1. The van der Waals surface area contributed by atoms with E-state index < -0.39 is 0 Å². The largest absolute Gasteiger partial charge is 0.296 e. The third-order valence-electron chi connectivity index (χ3n) is 2.89. The van der Waals surface area contributed by atoms with Crippen LogP contribution in [0.15, 0.2) is 24.3 Å². The van der Waals surface area contributed by atoms with Gasteiger partial charge in [0.05, 0.1) is 6.54 Å². The summed E-state index contributed by atoms with van der Waals surface area (Å²) in [6, 6.07) is 7.83. The first-order valence-corrected chi connectivity index (χ1v) is 6.50. The van der Waals surface area contributed by atoms with E-state index in [0.29, 0.717) is 6.54 Å². The topological polar surface area (TPSA) is 20.3 Å². The van der Waals surface area contributed by atoms with Crippen LogP contribution in [0.2, 0.25) is 0 Å². The fourth-order valence-electron chi connectivity index (χ4n) is 2.08. The van der Waals surface area contributed by atoms with Crippen LogP contribution in [-0.2, 0) is 0 Å². The van der Waals surface area contributed by atoms with Crippen molar-refractivity contribution in [1.29, 1.82) is 0 Å². The predicted octanol–water partition coefficient (Wildman–Crippen LogP) is 3.30. The van der Waals surface area contributed by atoms with Crippen LogP contribution in [0.5, 0.6) is 0 Å². The molecule has 0 saturated heterocycles. The molecule has 0 bridgehead atoms. The van der Waals surface area contributed by atoms with Crippen molar-refractivity contribution in [1.82, 2.24) is 4.90 Å². The average Bonchev–Trinajstić information content (AvgIpc) is 2.30. The number of rotatable bonds is 7. The summed E-state index contributed by atoms with van der Waals surface area (Å²) in [7, 11) is 0. The highest BCUT2D eigenvalue weighted by atomic mass is 16.1. The molecule has 0 spiro atoms. The molecule has 1 aromatic rings. The molecular weight excluding hydrogens is 210 g/mol. The summed E-state index contributed by atoms with van der Waals surface area (Å²) in [5, 5.41) is 0. The molecule has 0 unspecified atom stereocenters. The summed E-state index contributed by atoms with van der Waals surface area (Å²) in [6.45, 7) is 8.86. The van der Waals surface area contributed by atoms with Crippen molar-refractivity contribution >= 4 is 5.78 Å². The van der Waals surface area contributed by atoms with Gasteiger partial charge in [0.2, 0.25) is 0 Å². The Morgan fingerprint density at radius 1 is 1.12 bits per heavy atom. The van der Waals surface area contributed by atoms with E-state index in [0.717, 1.165) is 37.1 Å². The number of aryl methyl sites for hydroxylation is 1. The van der Waals surface area contributed by atoms with E-state index in [2.05, 4.69) is 18.7 Å². The molecule has 0 saturated carbocycles. The molecule has 1 aromatic carbocycles. The lowest BCUT2D eigenvalue weighted by atomic mass is 10.0. The summed E-state index contributed by atoms with van der Waals surface area (Å²) in [5.74, 6) is 0.241. The smallest absolute Gasteiger partial charge is 0.177 e. The highest BCUT2D eigenvalue weighted by molar-refractivity contribution is 5.98. The number of carbonyl (C=O) groups is 1. The van der Waals surface area contributed by atoms with Gasteiger partial charge in [-0.25, -0.2) is 0 Å². The second-order valence-electron chi connectivity index (χ2n) is 4.51. The zero-order valence-electron chi connectivity index (χ0n) is 11.2. The highest BCUT2D eigenvalue weighted by Gasteiger charge is 2.12. The maximum absolute atomic E-state index is 12.2. The van der Waals surface area contributed by atoms with Crippen molar-refractivity contribution in [3.8, 4) is 0 Å². The van der Waals surface area contributed by atoms with Gasteiger partial charge in [-0.15, -0.1) is 0 Å². The van der Waals surface area contributed by atoms with Crippen molar-refractivity contribution in [3.63, 3.8) is 0 Å². The molecule has 0 atom stereocenters. The number of benzene rings is 1. The van der Waals surface area contributed by atoms with Gasteiger partial charge < -0.3 is 0 Å². The molecular formula is C15H23NO. The first-order valence-electron chi connectivity index (χ1n) is 6.50. The Bertz CT molecular complexity index is 354. The van der Waals surface area contributed by atoms with Crippen LogP contribution in [0.25, 0.3) is 0 Å². The molecule has 0 aromatic heterocycles. The maximum atomic E-state index is 12.2. The Morgan fingerprint density at radius 3 is 2.24 bits per heavy atom. The standard InChI is InChI=1S/C15H23NO/c1-4-10-16(11-5-2)12-15(17)14-9-7-6-8-13(14)3/h6-9H,4-5,10-12H2,1-3H3. The molecule has 0 amide bonds. The minimum absolute atomic E-state index is 0.241. The Kier molecular flexibility index (Phi) is 5.92. The predicted molar refractivity (Wildman–Crippen MR) is 72.5 cm³/mol. The van der Waals surface area contributed by atoms with Gasteiger partial charge in [0, 0.05) is 5.56 Å². The van der Waals surface area contributed by atoms with Crippen molar-refractivity contribution < 1.29 is 4.79 Å². The van der Waals surface area contributed by atoms with Crippen molar-refractivity contribution in [2.24, 2.45) is 0 Å². The number of nitrogens with zero attached hydrogens (tertiary/aromatic N) is 1. The van der Waals surface area contributed by atoms with E-state index in [1.165, 1.54) is 0 Å². The van der Waals surface area contributed by atoms with Crippen molar-refractivity contribution in [3.05, 3.63) is 35.4 Å². The summed E-state index contributed by atoms with van der Waals surface area (Å²) >= 11 is 0. The van der Waals surface area contributed by atoms with Crippen LogP contribution in [0.4, 0.5) is 0 Å². The Balaban J connectivity index is 2.67. The Hall–Kier alpha value is -1.15. The molecule has 0 radical (unpaired) electrons. The minimum atomic E-state index is 0.241. The first kappa shape index (κ1) is 13.9. The number of Topliss-reactive ketones (excluding diaryl/α,β-unsaturated/α-hetero) is 1. The monoisotopic (exact) mass is 233 g/mol. The second-order valence-corrected chi connectivity index (χ2v) is 4.51. The molecule has 2 nitrogen and oxygen atoms in total. The van der Waals surface area contributed by atoms with Crippen LogP contribution < -0.4 is 0 Å². The van der Waals surface area contributed by atoms with Gasteiger partial charge in [0.25, 0.3) is 0 Å². The lowest BCUT2D eigenvalue weighted by Gasteiger charge is -2.20. The number of hydrogen-bond donors (Lipinski definition) is 0. The fourth-order valence-corrected chi connectivity index (χ4v) is 2.08. The summed E-state index contributed by atoms with van der Waals surface area (Å²) in [5.41, 5.74) is 1.94. The van der Waals surface area contributed by atoms with E-state index >= 15 is 0 Å². The minimum Gasteiger partial charge on any atom is -0.296 e. The molecule has 0 N–H and O–H groups in total. The van der Waals surface area contributed by atoms with Crippen LogP contribution in [0.1, 0.15) is 42.6 Å². The van der Waals surface area contributed by atoms with Gasteiger partial charge in [0.15, 0.2) is 5.78 Å². The molecule has 94 valence electrons. The van der Waals surface area contributed by atoms with Gasteiger partial charge in [-0.2, -0.15) is 0 Å². The molecule has 2 heteroatoms. The van der Waals surface area contributed by atoms with E-state index in [4.69, 9.17) is 0 Å². The Labute approximate surface area is 105 Å². The molecule has 0 fully saturated rings. The summed E-state index contributed by atoms with van der Waals surface area (Å²) < 4.78 is 0. The number of hydrogen-bond acceptors (Lipinski definition) is 2. The van der Waals surface area contributed by atoms with E-state index in [-0.39, 0.29) is 5.78 Å². The van der Waals surface area contributed by atoms with Gasteiger partial charge >= 0.3 is 0 Å². The van der Waals surface area contributed by atoms with Crippen LogP contribution in [-0.4, -0.2) is 30.3 Å². The zero-order valence-corrected chi connectivity index (χ0v) is 11.2. The summed E-state index contributed by atoms with van der Waals surface area (Å²) in [4.78, 5) is 14.4. The van der Waals surface area contributed by atoms with Crippen LogP contribution in [0, 0.1) is 6.92 Å². The maximum Gasteiger partial charge on any atom is 0.177 e.